The number of ether oxygens (including phenoxy) is 1. The molecule has 0 spiro atoms. The molecule has 0 aliphatic rings. The largest absolute Gasteiger partial charge is 0.497 e. The van der Waals surface area contributed by atoms with E-state index in [4.69, 9.17) is 4.74 Å². The molecule has 0 saturated heterocycles. The zero-order chi connectivity index (χ0) is 15.2. The smallest absolute Gasteiger partial charge is 0.272 e. The van der Waals surface area contributed by atoms with E-state index < -0.39 is 0 Å². The van der Waals surface area contributed by atoms with Crippen molar-refractivity contribution < 1.29 is 9.53 Å². The Hall–Kier alpha value is -2.56. The van der Waals surface area contributed by atoms with Gasteiger partial charge < -0.3 is 15.0 Å². The fraction of sp³-hybridized carbons (Fsp3) is 0.250. The summed E-state index contributed by atoms with van der Waals surface area (Å²) in [5.74, 6) is 0.672. The van der Waals surface area contributed by atoms with Crippen LogP contribution in [0.5, 0.6) is 5.75 Å². The van der Waals surface area contributed by atoms with Crippen LogP contribution in [0.4, 0.5) is 5.69 Å². The van der Waals surface area contributed by atoms with Crippen LogP contribution < -0.4 is 10.1 Å². The van der Waals surface area contributed by atoms with Crippen molar-refractivity contribution in [1.82, 2.24) is 9.88 Å². The number of rotatable bonds is 5. The highest BCUT2D eigenvalue weighted by Gasteiger charge is 2.13. The third-order valence-corrected chi connectivity index (χ3v) is 3.17. The van der Waals surface area contributed by atoms with Gasteiger partial charge in [0.1, 0.15) is 11.4 Å². The van der Waals surface area contributed by atoms with Crippen LogP contribution in [-0.4, -0.2) is 37.0 Å². The third-order valence-electron chi connectivity index (χ3n) is 3.17. The lowest BCUT2D eigenvalue weighted by molar-refractivity contribution is 0.0779. The molecule has 1 amide bonds. The summed E-state index contributed by atoms with van der Waals surface area (Å²) >= 11 is 0. The van der Waals surface area contributed by atoms with Crippen LogP contribution in [0.25, 0.3) is 0 Å². The maximum absolute atomic E-state index is 12.3. The van der Waals surface area contributed by atoms with Crippen LogP contribution >= 0.6 is 0 Å². The summed E-state index contributed by atoms with van der Waals surface area (Å²) in [5.41, 5.74) is 2.32. The van der Waals surface area contributed by atoms with E-state index in [0.717, 1.165) is 17.0 Å². The summed E-state index contributed by atoms with van der Waals surface area (Å²) in [6, 6.07) is 11.2. The molecule has 0 atom stereocenters. The van der Waals surface area contributed by atoms with Crippen molar-refractivity contribution in [3.05, 3.63) is 53.9 Å². The van der Waals surface area contributed by atoms with Crippen molar-refractivity contribution in [2.24, 2.45) is 0 Å². The molecule has 21 heavy (non-hydrogen) atoms. The van der Waals surface area contributed by atoms with Gasteiger partial charge >= 0.3 is 0 Å². The zero-order valence-electron chi connectivity index (χ0n) is 12.5. The number of methoxy groups -OCH3 is 1. The number of benzene rings is 1. The molecule has 0 aliphatic heterocycles. The molecule has 2 aromatic rings. The number of aromatic nitrogens is 1. The number of carbonyl (C=O) groups excluding carboxylic acids is 1. The predicted molar refractivity (Wildman–Crippen MR) is 82.6 cm³/mol. The Morgan fingerprint density at radius 3 is 2.76 bits per heavy atom. The van der Waals surface area contributed by atoms with Gasteiger partial charge in [0.15, 0.2) is 0 Å². The van der Waals surface area contributed by atoms with E-state index in [-0.39, 0.29) is 5.91 Å². The molecule has 5 nitrogen and oxygen atoms in total. The van der Waals surface area contributed by atoms with Crippen molar-refractivity contribution in [1.29, 1.82) is 0 Å². The number of anilines is 1. The van der Waals surface area contributed by atoms with E-state index in [2.05, 4.69) is 10.3 Å². The highest BCUT2D eigenvalue weighted by atomic mass is 16.5. The Bertz CT molecular complexity index is 611. The van der Waals surface area contributed by atoms with Crippen molar-refractivity contribution in [2.75, 3.05) is 26.5 Å². The fourth-order valence-corrected chi connectivity index (χ4v) is 1.98. The molecule has 0 saturated carbocycles. The lowest BCUT2D eigenvalue weighted by Gasteiger charge is -2.17. The lowest BCUT2D eigenvalue weighted by atomic mass is 10.2. The van der Waals surface area contributed by atoms with Crippen molar-refractivity contribution in [2.45, 2.75) is 6.54 Å². The minimum Gasteiger partial charge on any atom is -0.497 e. The van der Waals surface area contributed by atoms with Gasteiger partial charge in [0, 0.05) is 20.6 Å². The topological polar surface area (TPSA) is 54.5 Å². The number of nitrogens with zero attached hydrogens (tertiary/aromatic N) is 2. The summed E-state index contributed by atoms with van der Waals surface area (Å²) in [6.07, 6.45) is 1.65. The SMILES string of the molecule is CNc1ccc(C(=O)N(C)Cc2cccc(OC)c2)nc1. The minimum absolute atomic E-state index is 0.111. The average molecular weight is 285 g/mol. The maximum atomic E-state index is 12.3. The Morgan fingerprint density at radius 2 is 2.14 bits per heavy atom. The molecule has 1 heterocycles. The monoisotopic (exact) mass is 285 g/mol. The van der Waals surface area contributed by atoms with E-state index >= 15 is 0 Å². The van der Waals surface area contributed by atoms with Gasteiger partial charge in [-0.1, -0.05) is 12.1 Å². The Balaban J connectivity index is 2.07. The first-order valence-electron chi connectivity index (χ1n) is 6.66. The quantitative estimate of drug-likeness (QED) is 0.916. The van der Waals surface area contributed by atoms with Gasteiger partial charge in [0.05, 0.1) is 19.0 Å². The molecule has 0 aliphatic carbocycles. The number of hydrogen-bond acceptors (Lipinski definition) is 4. The standard InChI is InChI=1S/C16H19N3O2/c1-17-13-7-8-15(18-10-13)16(20)19(2)11-12-5-4-6-14(9-12)21-3/h4-10,17H,11H2,1-3H3. The van der Waals surface area contributed by atoms with Crippen LogP contribution in [0.1, 0.15) is 16.1 Å². The van der Waals surface area contributed by atoms with Crippen LogP contribution in [0, 0.1) is 0 Å². The van der Waals surface area contributed by atoms with E-state index in [1.165, 1.54) is 0 Å². The molecule has 1 aromatic heterocycles. The Labute approximate surface area is 124 Å². The van der Waals surface area contributed by atoms with E-state index in [0.29, 0.717) is 12.2 Å². The molecule has 0 bridgehead atoms. The average Bonchev–Trinajstić information content (AvgIpc) is 2.54. The second kappa shape index (κ2) is 6.74. The first kappa shape index (κ1) is 14.8. The molecule has 2 rings (SSSR count). The molecule has 0 unspecified atom stereocenters. The zero-order valence-corrected chi connectivity index (χ0v) is 12.5. The molecule has 0 fully saturated rings. The second-order valence-electron chi connectivity index (χ2n) is 4.69. The molecule has 5 heteroatoms. The number of nitrogens with one attached hydrogen (secondary N) is 1. The number of amides is 1. The van der Waals surface area contributed by atoms with Gasteiger partial charge in [-0.05, 0) is 29.8 Å². The van der Waals surface area contributed by atoms with Crippen molar-refractivity contribution >= 4 is 11.6 Å². The Morgan fingerprint density at radius 1 is 1.33 bits per heavy atom. The van der Waals surface area contributed by atoms with E-state index in [1.807, 2.05) is 37.4 Å². The summed E-state index contributed by atoms with van der Waals surface area (Å²) < 4.78 is 5.18. The molecule has 0 radical (unpaired) electrons. The van der Waals surface area contributed by atoms with Gasteiger partial charge in [-0.25, -0.2) is 4.98 Å². The van der Waals surface area contributed by atoms with E-state index in [1.54, 1.807) is 31.3 Å². The van der Waals surface area contributed by atoms with Gasteiger partial charge in [-0.15, -0.1) is 0 Å². The number of carbonyl (C=O) groups is 1. The van der Waals surface area contributed by atoms with Gasteiger partial charge in [0.2, 0.25) is 0 Å². The molecule has 1 N–H and O–H groups in total. The normalized spacial score (nSPS) is 10.0. The fourth-order valence-electron chi connectivity index (χ4n) is 1.98. The third kappa shape index (κ3) is 3.72. The van der Waals surface area contributed by atoms with Crippen LogP contribution in [0.3, 0.4) is 0 Å². The van der Waals surface area contributed by atoms with Gasteiger partial charge in [-0.2, -0.15) is 0 Å². The first-order chi connectivity index (χ1) is 10.1. The lowest BCUT2D eigenvalue weighted by Crippen LogP contribution is -2.27. The highest BCUT2D eigenvalue weighted by molar-refractivity contribution is 5.92. The molecular weight excluding hydrogens is 266 g/mol. The van der Waals surface area contributed by atoms with Crippen molar-refractivity contribution in [3.63, 3.8) is 0 Å². The highest BCUT2D eigenvalue weighted by Crippen LogP contribution is 2.15. The summed E-state index contributed by atoms with van der Waals surface area (Å²) in [4.78, 5) is 18.1. The van der Waals surface area contributed by atoms with Crippen LogP contribution in [-0.2, 0) is 6.54 Å². The number of hydrogen-bond donors (Lipinski definition) is 1. The van der Waals surface area contributed by atoms with Crippen molar-refractivity contribution in [3.8, 4) is 5.75 Å². The number of pyridine rings is 1. The maximum Gasteiger partial charge on any atom is 0.272 e. The van der Waals surface area contributed by atoms with Crippen LogP contribution in [0.2, 0.25) is 0 Å². The molecule has 1 aromatic carbocycles. The summed E-state index contributed by atoms with van der Waals surface area (Å²) in [7, 11) is 5.20. The Kier molecular flexibility index (Phi) is 4.77. The van der Waals surface area contributed by atoms with E-state index in [9.17, 15) is 4.79 Å². The van der Waals surface area contributed by atoms with Gasteiger partial charge in [0.25, 0.3) is 5.91 Å². The molecule has 110 valence electrons. The molecular formula is C16H19N3O2. The second-order valence-corrected chi connectivity index (χ2v) is 4.69. The van der Waals surface area contributed by atoms with Gasteiger partial charge in [-0.3, -0.25) is 4.79 Å². The minimum atomic E-state index is -0.111. The summed E-state index contributed by atoms with van der Waals surface area (Å²) in [5, 5.41) is 2.97. The summed E-state index contributed by atoms with van der Waals surface area (Å²) in [6.45, 7) is 0.505. The van der Waals surface area contributed by atoms with Crippen LogP contribution in [0.15, 0.2) is 42.6 Å². The predicted octanol–water partition coefficient (Wildman–Crippen LogP) is 2.40. The first-order valence-corrected chi connectivity index (χ1v) is 6.66.